The molecule has 0 saturated carbocycles. The van der Waals surface area contributed by atoms with E-state index in [1.54, 1.807) is 16.9 Å². The van der Waals surface area contributed by atoms with Gasteiger partial charge in [0.05, 0.1) is 23.9 Å². The molecule has 1 fully saturated rings. The third-order valence-electron chi connectivity index (χ3n) is 5.32. The number of rotatable bonds is 5. The maximum Gasteiger partial charge on any atom is 0.318 e. The molecule has 0 aliphatic carbocycles. The highest BCUT2D eigenvalue weighted by Gasteiger charge is 2.20. The summed E-state index contributed by atoms with van der Waals surface area (Å²) in [6, 6.07) is 4.40. The number of hydrogen-bond donors (Lipinski definition) is 2. The lowest BCUT2D eigenvalue weighted by Gasteiger charge is -2.22. The van der Waals surface area contributed by atoms with Crippen LogP contribution >= 0.6 is 0 Å². The Kier molecular flexibility index (Phi) is 4.80. The van der Waals surface area contributed by atoms with E-state index in [2.05, 4.69) is 25.4 Å². The maximum atomic E-state index is 12.9. The van der Waals surface area contributed by atoms with Gasteiger partial charge in [-0.1, -0.05) is 0 Å². The van der Waals surface area contributed by atoms with Crippen molar-refractivity contribution in [3.8, 4) is 17.1 Å². The van der Waals surface area contributed by atoms with Crippen molar-refractivity contribution in [1.29, 1.82) is 0 Å². The molecule has 5 heterocycles. The summed E-state index contributed by atoms with van der Waals surface area (Å²) in [6.45, 7) is 3.76. The number of carbonyl (C=O) groups excluding carboxylic acids is 1. The van der Waals surface area contributed by atoms with E-state index in [1.807, 2.05) is 31.5 Å². The number of H-pyrrole nitrogens is 1. The van der Waals surface area contributed by atoms with Gasteiger partial charge >= 0.3 is 6.01 Å². The van der Waals surface area contributed by atoms with Crippen molar-refractivity contribution < 1.29 is 14.3 Å². The third kappa shape index (κ3) is 3.37. The van der Waals surface area contributed by atoms with E-state index in [-0.39, 0.29) is 11.9 Å². The number of amides is 1. The Morgan fingerprint density at radius 3 is 3.07 bits per heavy atom. The van der Waals surface area contributed by atoms with Gasteiger partial charge in [0.1, 0.15) is 5.65 Å². The lowest BCUT2D eigenvalue weighted by molar-refractivity contribution is 0.0697. The number of carbonyl (C=O) groups is 1. The number of ether oxygens (including phenoxy) is 2. The number of aromatic amines is 1. The molecule has 1 saturated heterocycles. The van der Waals surface area contributed by atoms with Crippen molar-refractivity contribution in [2.45, 2.75) is 25.8 Å². The van der Waals surface area contributed by atoms with Gasteiger partial charge in [0, 0.05) is 48.8 Å². The summed E-state index contributed by atoms with van der Waals surface area (Å²) in [4.78, 5) is 24.7. The standard InChI is InChI=1S/C21H22N6O3/c1-2-30-21-23-11-16-15(10-22-19(16)26-21)13-3-6-27-18(9-13)17(12-24-27)20(28)25-14-4-7-29-8-5-14/h3,6,9-12,14H,2,4-5,7-8H2,1H3,(H,25,28)(H,22,23,26). The zero-order valence-corrected chi connectivity index (χ0v) is 16.6. The molecule has 9 nitrogen and oxygen atoms in total. The molecule has 0 aromatic carbocycles. The normalized spacial score (nSPS) is 15.0. The van der Waals surface area contributed by atoms with Crippen molar-refractivity contribution in [2.24, 2.45) is 0 Å². The fourth-order valence-corrected chi connectivity index (χ4v) is 3.76. The van der Waals surface area contributed by atoms with Crippen LogP contribution in [0.1, 0.15) is 30.1 Å². The predicted molar refractivity (Wildman–Crippen MR) is 111 cm³/mol. The zero-order valence-electron chi connectivity index (χ0n) is 16.6. The SMILES string of the molecule is CCOc1ncc2c(-c3ccn4ncc(C(=O)NC5CCOCC5)c4c3)c[nH]c2n1. The first-order valence-corrected chi connectivity index (χ1v) is 10.1. The smallest absolute Gasteiger partial charge is 0.318 e. The fraction of sp³-hybridized carbons (Fsp3) is 0.333. The Morgan fingerprint density at radius 2 is 2.23 bits per heavy atom. The van der Waals surface area contributed by atoms with Gasteiger partial charge in [-0.25, -0.2) is 9.50 Å². The summed E-state index contributed by atoms with van der Waals surface area (Å²) < 4.78 is 12.5. The van der Waals surface area contributed by atoms with Crippen LogP contribution < -0.4 is 10.1 Å². The molecule has 0 atom stereocenters. The molecule has 0 radical (unpaired) electrons. The summed E-state index contributed by atoms with van der Waals surface area (Å²) in [5, 5.41) is 8.32. The molecule has 0 spiro atoms. The van der Waals surface area contributed by atoms with Crippen LogP contribution in [0.25, 0.3) is 27.7 Å². The van der Waals surface area contributed by atoms with E-state index in [0.29, 0.717) is 37.0 Å². The Labute approximate surface area is 172 Å². The monoisotopic (exact) mass is 406 g/mol. The van der Waals surface area contributed by atoms with Crippen LogP contribution in [0.3, 0.4) is 0 Å². The Balaban J connectivity index is 1.48. The van der Waals surface area contributed by atoms with Crippen LogP contribution in [-0.2, 0) is 4.74 Å². The Hall–Kier alpha value is -3.46. The van der Waals surface area contributed by atoms with Crippen LogP contribution in [0.15, 0.2) is 36.9 Å². The van der Waals surface area contributed by atoms with Gasteiger partial charge in [0.25, 0.3) is 5.91 Å². The minimum absolute atomic E-state index is 0.113. The highest BCUT2D eigenvalue weighted by atomic mass is 16.5. The summed E-state index contributed by atoms with van der Waals surface area (Å²) in [5.74, 6) is -0.113. The third-order valence-corrected chi connectivity index (χ3v) is 5.32. The molecule has 9 heteroatoms. The summed E-state index contributed by atoms with van der Waals surface area (Å²) >= 11 is 0. The van der Waals surface area contributed by atoms with Gasteiger partial charge in [-0.15, -0.1) is 0 Å². The van der Waals surface area contributed by atoms with E-state index >= 15 is 0 Å². The molecule has 5 rings (SSSR count). The first-order valence-electron chi connectivity index (χ1n) is 10.1. The van der Waals surface area contributed by atoms with E-state index in [4.69, 9.17) is 9.47 Å². The van der Waals surface area contributed by atoms with Gasteiger partial charge in [-0.2, -0.15) is 10.1 Å². The minimum atomic E-state index is -0.113. The number of nitrogens with one attached hydrogen (secondary N) is 2. The highest BCUT2D eigenvalue weighted by molar-refractivity contribution is 6.02. The van der Waals surface area contributed by atoms with Crippen LogP contribution in [0.4, 0.5) is 0 Å². The second kappa shape index (κ2) is 7.75. The molecule has 0 bridgehead atoms. The van der Waals surface area contributed by atoms with E-state index in [1.165, 1.54) is 0 Å². The molecular weight excluding hydrogens is 384 g/mol. The topological polar surface area (TPSA) is 106 Å². The molecule has 2 N–H and O–H groups in total. The van der Waals surface area contributed by atoms with Gasteiger partial charge in [-0.3, -0.25) is 4.79 Å². The number of aromatic nitrogens is 5. The molecule has 4 aromatic heterocycles. The van der Waals surface area contributed by atoms with Gasteiger partial charge in [0.15, 0.2) is 0 Å². The number of pyridine rings is 1. The summed E-state index contributed by atoms with van der Waals surface area (Å²) in [5.41, 5.74) is 3.90. The van der Waals surface area contributed by atoms with Crippen LogP contribution in [0.5, 0.6) is 6.01 Å². The predicted octanol–water partition coefficient (Wildman–Crippen LogP) is 2.58. The van der Waals surface area contributed by atoms with Crippen molar-refractivity contribution in [1.82, 2.24) is 29.9 Å². The molecule has 1 aliphatic rings. The summed E-state index contributed by atoms with van der Waals surface area (Å²) in [6.07, 6.45) is 8.76. The second-order valence-corrected chi connectivity index (χ2v) is 7.21. The highest BCUT2D eigenvalue weighted by Crippen LogP contribution is 2.29. The Morgan fingerprint density at radius 1 is 1.37 bits per heavy atom. The average molecular weight is 406 g/mol. The van der Waals surface area contributed by atoms with E-state index < -0.39 is 0 Å². The van der Waals surface area contributed by atoms with Gasteiger partial charge < -0.3 is 19.8 Å². The molecule has 1 amide bonds. The van der Waals surface area contributed by atoms with Gasteiger partial charge in [0.2, 0.25) is 0 Å². The fourth-order valence-electron chi connectivity index (χ4n) is 3.76. The first kappa shape index (κ1) is 18.6. The molecule has 4 aromatic rings. The average Bonchev–Trinajstić information content (AvgIpc) is 3.38. The summed E-state index contributed by atoms with van der Waals surface area (Å²) in [7, 11) is 0. The van der Waals surface area contributed by atoms with Crippen LogP contribution in [-0.4, -0.2) is 56.3 Å². The van der Waals surface area contributed by atoms with E-state index in [9.17, 15) is 4.79 Å². The first-order chi connectivity index (χ1) is 14.7. The van der Waals surface area contributed by atoms with Crippen LogP contribution in [0, 0.1) is 0 Å². The molecular formula is C21H22N6O3. The largest absolute Gasteiger partial charge is 0.464 e. The van der Waals surface area contributed by atoms with E-state index in [0.717, 1.165) is 34.9 Å². The lowest BCUT2D eigenvalue weighted by atomic mass is 10.1. The molecule has 0 unspecified atom stereocenters. The number of fused-ring (bicyclic) bond motifs is 2. The second-order valence-electron chi connectivity index (χ2n) is 7.21. The maximum absolute atomic E-state index is 12.9. The molecule has 30 heavy (non-hydrogen) atoms. The van der Waals surface area contributed by atoms with Crippen molar-refractivity contribution >= 4 is 22.5 Å². The van der Waals surface area contributed by atoms with Crippen LogP contribution in [0.2, 0.25) is 0 Å². The van der Waals surface area contributed by atoms with Crippen molar-refractivity contribution in [3.05, 3.63) is 42.5 Å². The van der Waals surface area contributed by atoms with Crippen molar-refractivity contribution in [3.63, 3.8) is 0 Å². The lowest BCUT2D eigenvalue weighted by Crippen LogP contribution is -2.38. The Bertz CT molecular complexity index is 1210. The minimum Gasteiger partial charge on any atom is -0.464 e. The zero-order chi connectivity index (χ0) is 20.5. The van der Waals surface area contributed by atoms with Gasteiger partial charge in [-0.05, 0) is 37.5 Å². The number of nitrogens with zero attached hydrogens (tertiary/aromatic N) is 4. The molecule has 1 aliphatic heterocycles. The molecule has 154 valence electrons. The number of hydrogen-bond acceptors (Lipinski definition) is 6. The quantitative estimate of drug-likeness (QED) is 0.528. The van der Waals surface area contributed by atoms with Crippen molar-refractivity contribution in [2.75, 3.05) is 19.8 Å².